The standard InChI is InChI=1S/C53H34N2O3/c1-53(2)37-27-36-49(58-50-30-44(32-16-4-6-18-34(32)52(36)50)55-41-21-9-13-25-47(41)57-48-26-14-10-22-42(48)55)28-35(37)51-33-17-5-3-15-31(33)43(29-38(51)53)54-39-19-7-11-23-45(39)56-46-24-12-8-20-40(46)54/h3-30H,1-2H3. The van der Waals surface area contributed by atoms with Crippen molar-refractivity contribution >= 4 is 77.6 Å². The van der Waals surface area contributed by atoms with Crippen molar-refractivity contribution in [2.24, 2.45) is 0 Å². The Balaban J connectivity index is 1.05. The number of benzene rings is 9. The Kier molecular flexibility index (Phi) is 6.17. The molecule has 1 aromatic heterocycles. The summed E-state index contributed by atoms with van der Waals surface area (Å²) in [4.78, 5) is 4.70. The summed E-state index contributed by atoms with van der Waals surface area (Å²) in [7, 11) is 0. The SMILES string of the molecule is CC1(C)c2cc3c(cc2-c2c1cc(N1c4ccccc4Oc4ccccc41)c1ccccc21)oc1cc(N2c4ccccc4Oc4ccccc42)c2ccccc2c13. The third kappa shape index (κ3) is 4.14. The minimum atomic E-state index is -0.302. The Bertz CT molecular complexity index is 3320. The van der Waals surface area contributed by atoms with Crippen LogP contribution in [-0.4, -0.2) is 0 Å². The highest BCUT2D eigenvalue weighted by Crippen LogP contribution is 2.59. The first-order valence-electron chi connectivity index (χ1n) is 19.8. The second-order valence-electron chi connectivity index (χ2n) is 16.0. The fraction of sp³-hybridized carbons (Fsp3) is 0.0566. The van der Waals surface area contributed by atoms with E-state index in [9.17, 15) is 0 Å². The van der Waals surface area contributed by atoms with Crippen molar-refractivity contribution in [3.63, 3.8) is 0 Å². The molecule has 0 saturated heterocycles. The van der Waals surface area contributed by atoms with E-state index in [-0.39, 0.29) is 5.41 Å². The van der Waals surface area contributed by atoms with Gasteiger partial charge in [0.2, 0.25) is 0 Å². The molecule has 13 rings (SSSR count). The van der Waals surface area contributed by atoms with E-state index in [1.807, 2.05) is 36.4 Å². The van der Waals surface area contributed by atoms with Gasteiger partial charge in [0.05, 0.1) is 34.1 Å². The Morgan fingerprint density at radius 1 is 0.379 bits per heavy atom. The van der Waals surface area contributed by atoms with Gasteiger partial charge in [-0.15, -0.1) is 0 Å². The van der Waals surface area contributed by atoms with Gasteiger partial charge in [0.15, 0.2) is 23.0 Å². The molecule has 58 heavy (non-hydrogen) atoms. The van der Waals surface area contributed by atoms with Crippen molar-refractivity contribution in [3.05, 3.63) is 181 Å². The fourth-order valence-corrected chi connectivity index (χ4v) is 9.97. The highest BCUT2D eigenvalue weighted by Gasteiger charge is 2.40. The van der Waals surface area contributed by atoms with Crippen LogP contribution in [0.2, 0.25) is 0 Å². The summed E-state index contributed by atoms with van der Waals surface area (Å²) < 4.78 is 19.8. The molecule has 3 heterocycles. The molecule has 274 valence electrons. The molecule has 9 aromatic carbocycles. The summed E-state index contributed by atoms with van der Waals surface area (Å²) in [5.41, 5.74) is 12.7. The van der Waals surface area contributed by atoms with E-state index >= 15 is 0 Å². The van der Waals surface area contributed by atoms with E-state index in [2.05, 4.69) is 157 Å². The maximum absolute atomic E-state index is 7.01. The van der Waals surface area contributed by atoms with Crippen LogP contribution in [0.25, 0.3) is 54.6 Å². The summed E-state index contributed by atoms with van der Waals surface area (Å²) in [5, 5.41) is 6.96. The first kappa shape index (κ1) is 31.7. The third-order valence-corrected chi connectivity index (χ3v) is 12.6. The van der Waals surface area contributed by atoms with Gasteiger partial charge in [0.1, 0.15) is 11.2 Å². The van der Waals surface area contributed by atoms with Gasteiger partial charge in [-0.1, -0.05) is 111 Å². The van der Waals surface area contributed by atoms with E-state index in [1.165, 1.54) is 33.0 Å². The van der Waals surface area contributed by atoms with Crippen LogP contribution in [0.3, 0.4) is 0 Å². The summed E-state index contributed by atoms with van der Waals surface area (Å²) in [5.74, 6) is 3.34. The summed E-state index contributed by atoms with van der Waals surface area (Å²) >= 11 is 0. The average molecular weight is 747 g/mol. The van der Waals surface area contributed by atoms with E-state index in [4.69, 9.17) is 13.9 Å². The van der Waals surface area contributed by atoms with Crippen molar-refractivity contribution in [3.8, 4) is 34.1 Å². The molecule has 0 unspecified atom stereocenters. The summed E-state index contributed by atoms with van der Waals surface area (Å²) in [6.45, 7) is 4.74. The molecule has 0 atom stereocenters. The molecule has 0 spiro atoms. The van der Waals surface area contributed by atoms with Gasteiger partial charge in [0.25, 0.3) is 0 Å². The molecule has 0 N–H and O–H groups in total. The van der Waals surface area contributed by atoms with Crippen LogP contribution in [0.5, 0.6) is 23.0 Å². The van der Waals surface area contributed by atoms with Gasteiger partial charge in [-0.25, -0.2) is 0 Å². The van der Waals surface area contributed by atoms with E-state index < -0.39 is 0 Å². The highest BCUT2D eigenvalue weighted by atomic mass is 16.5. The Labute approximate surface area is 334 Å². The summed E-state index contributed by atoms with van der Waals surface area (Å²) in [6, 6.07) is 60.1. The zero-order valence-corrected chi connectivity index (χ0v) is 31.8. The van der Waals surface area contributed by atoms with Crippen LogP contribution in [0.1, 0.15) is 25.0 Å². The number of para-hydroxylation sites is 8. The maximum Gasteiger partial charge on any atom is 0.151 e. The number of ether oxygens (including phenoxy) is 2. The van der Waals surface area contributed by atoms with Crippen LogP contribution < -0.4 is 19.3 Å². The lowest BCUT2D eigenvalue weighted by Crippen LogP contribution is -2.19. The largest absolute Gasteiger partial charge is 0.456 e. The molecule has 0 bridgehead atoms. The van der Waals surface area contributed by atoms with Gasteiger partial charge >= 0.3 is 0 Å². The Morgan fingerprint density at radius 3 is 1.38 bits per heavy atom. The Morgan fingerprint density at radius 2 is 0.828 bits per heavy atom. The smallest absolute Gasteiger partial charge is 0.151 e. The molecule has 5 nitrogen and oxygen atoms in total. The monoisotopic (exact) mass is 746 g/mol. The van der Waals surface area contributed by atoms with Gasteiger partial charge in [-0.3, -0.25) is 0 Å². The molecular weight excluding hydrogens is 713 g/mol. The van der Waals surface area contributed by atoms with Gasteiger partial charge in [-0.2, -0.15) is 0 Å². The van der Waals surface area contributed by atoms with Crippen LogP contribution in [-0.2, 0) is 5.41 Å². The average Bonchev–Trinajstić information content (AvgIpc) is 3.74. The minimum Gasteiger partial charge on any atom is -0.456 e. The van der Waals surface area contributed by atoms with Gasteiger partial charge in [0, 0.05) is 33.0 Å². The lowest BCUT2D eigenvalue weighted by Gasteiger charge is -2.34. The number of hydrogen-bond donors (Lipinski definition) is 0. The lowest BCUT2D eigenvalue weighted by atomic mass is 9.81. The molecule has 2 aliphatic heterocycles. The number of furan rings is 1. The molecule has 3 aliphatic rings. The molecule has 10 aromatic rings. The molecule has 0 amide bonds. The molecule has 1 aliphatic carbocycles. The fourth-order valence-electron chi connectivity index (χ4n) is 9.97. The molecule has 0 fully saturated rings. The molecule has 5 heteroatoms. The van der Waals surface area contributed by atoms with E-state index in [0.29, 0.717) is 0 Å². The van der Waals surface area contributed by atoms with Crippen LogP contribution in [0.15, 0.2) is 174 Å². The molecule has 0 saturated carbocycles. The Hall–Kier alpha value is -7.50. The number of hydrogen-bond acceptors (Lipinski definition) is 5. The molecule has 0 radical (unpaired) electrons. The number of fused-ring (bicyclic) bond motifs is 14. The van der Waals surface area contributed by atoms with E-state index in [0.717, 1.165) is 89.8 Å². The topological polar surface area (TPSA) is 38.1 Å². The van der Waals surface area contributed by atoms with E-state index in [1.54, 1.807) is 0 Å². The second kappa shape index (κ2) is 11.3. The van der Waals surface area contributed by atoms with Crippen molar-refractivity contribution in [2.75, 3.05) is 9.80 Å². The molecular formula is C53H34N2O3. The van der Waals surface area contributed by atoms with Crippen molar-refractivity contribution in [1.29, 1.82) is 0 Å². The quantitative estimate of drug-likeness (QED) is 0.176. The minimum absolute atomic E-state index is 0.302. The first-order valence-corrected chi connectivity index (χ1v) is 19.8. The predicted molar refractivity (Wildman–Crippen MR) is 236 cm³/mol. The zero-order chi connectivity index (χ0) is 38.3. The number of anilines is 6. The van der Waals surface area contributed by atoms with Crippen LogP contribution in [0.4, 0.5) is 34.1 Å². The highest BCUT2D eigenvalue weighted by molar-refractivity contribution is 6.24. The van der Waals surface area contributed by atoms with Crippen molar-refractivity contribution in [2.45, 2.75) is 19.3 Å². The van der Waals surface area contributed by atoms with Gasteiger partial charge < -0.3 is 23.7 Å². The number of rotatable bonds is 2. The van der Waals surface area contributed by atoms with Crippen LogP contribution in [0, 0.1) is 0 Å². The maximum atomic E-state index is 7.01. The van der Waals surface area contributed by atoms with Gasteiger partial charge in [-0.05, 0) is 99.8 Å². The van der Waals surface area contributed by atoms with Crippen molar-refractivity contribution in [1.82, 2.24) is 0 Å². The number of nitrogens with zero attached hydrogens (tertiary/aromatic N) is 2. The zero-order valence-electron chi connectivity index (χ0n) is 31.8. The first-order chi connectivity index (χ1) is 28.5. The normalized spacial score (nSPS) is 14.4. The predicted octanol–water partition coefficient (Wildman–Crippen LogP) is 15.3. The third-order valence-electron chi connectivity index (χ3n) is 12.6. The second-order valence-corrected chi connectivity index (χ2v) is 16.0. The lowest BCUT2D eigenvalue weighted by molar-refractivity contribution is 0.477. The van der Waals surface area contributed by atoms with Crippen LogP contribution >= 0.6 is 0 Å². The summed E-state index contributed by atoms with van der Waals surface area (Å²) in [6.07, 6.45) is 0. The van der Waals surface area contributed by atoms with Crippen molar-refractivity contribution < 1.29 is 13.9 Å².